The average Bonchev–Trinajstić information content (AvgIpc) is 3.32. The molecule has 2 aromatic heterocycles. The van der Waals surface area contributed by atoms with Gasteiger partial charge in [0, 0.05) is 38.4 Å². The van der Waals surface area contributed by atoms with Crippen molar-refractivity contribution in [2.75, 3.05) is 43.5 Å². The van der Waals surface area contributed by atoms with E-state index in [4.69, 9.17) is 14.9 Å². The molecule has 0 bridgehead atoms. The molecule has 0 aliphatic carbocycles. The largest absolute Gasteiger partial charge is 0.497 e. The molecule has 2 fully saturated rings. The molecule has 2 aliphatic heterocycles. The summed E-state index contributed by atoms with van der Waals surface area (Å²) in [5, 5.41) is 11.5. The summed E-state index contributed by atoms with van der Waals surface area (Å²) in [6, 6.07) is 8.46. The highest BCUT2D eigenvalue weighted by atomic mass is 16.5. The van der Waals surface area contributed by atoms with Crippen molar-refractivity contribution in [3.63, 3.8) is 0 Å². The minimum Gasteiger partial charge on any atom is -0.497 e. The first-order valence-corrected chi connectivity index (χ1v) is 11.1. The van der Waals surface area contributed by atoms with Crippen LogP contribution in [-0.4, -0.2) is 70.3 Å². The molecule has 1 aromatic carbocycles. The number of methoxy groups -OCH3 is 1. The standard InChI is InChI=1S/C23H25N7O4/c1-34-17-3-4-18-19(8-17)24-10-21(26-18)29-7-6-15-11-30(13-16(15)12-29)23(32)27-20-5-2-14(9-25-20)22(31)28-33/h2-5,8-10,15-16,33H,6-7,11-13H2,1H3,(H,28,31)(H,25,27,32). The first-order valence-electron chi connectivity index (χ1n) is 11.1. The summed E-state index contributed by atoms with van der Waals surface area (Å²) in [4.78, 5) is 41.7. The van der Waals surface area contributed by atoms with E-state index in [1.807, 2.05) is 23.1 Å². The third kappa shape index (κ3) is 4.29. The van der Waals surface area contributed by atoms with Crippen molar-refractivity contribution in [1.29, 1.82) is 0 Å². The van der Waals surface area contributed by atoms with E-state index in [2.05, 4.69) is 20.2 Å². The number of piperidine rings is 1. The third-order valence-electron chi connectivity index (χ3n) is 6.51. The summed E-state index contributed by atoms with van der Waals surface area (Å²) < 4.78 is 5.26. The van der Waals surface area contributed by atoms with Gasteiger partial charge in [-0.1, -0.05) is 0 Å². The quantitative estimate of drug-likeness (QED) is 0.396. The van der Waals surface area contributed by atoms with E-state index in [0.717, 1.165) is 42.1 Å². The number of benzene rings is 1. The minimum atomic E-state index is -0.658. The third-order valence-corrected chi connectivity index (χ3v) is 6.51. The van der Waals surface area contributed by atoms with Crippen molar-refractivity contribution in [3.05, 3.63) is 48.3 Å². The Labute approximate surface area is 195 Å². The molecule has 3 aromatic rings. The van der Waals surface area contributed by atoms with Crippen LogP contribution in [0.3, 0.4) is 0 Å². The maximum Gasteiger partial charge on any atom is 0.323 e. The molecule has 11 nitrogen and oxygen atoms in total. The molecule has 3 amide bonds. The predicted molar refractivity (Wildman–Crippen MR) is 124 cm³/mol. The monoisotopic (exact) mass is 463 g/mol. The van der Waals surface area contributed by atoms with Gasteiger partial charge in [0.2, 0.25) is 0 Å². The first kappa shape index (κ1) is 21.8. The number of carbonyl (C=O) groups is 2. The maximum atomic E-state index is 12.8. The normalized spacial score (nSPS) is 19.6. The van der Waals surface area contributed by atoms with E-state index in [-0.39, 0.29) is 11.6 Å². The molecule has 2 unspecified atom stereocenters. The predicted octanol–water partition coefficient (Wildman–Crippen LogP) is 2.14. The Kier molecular flexibility index (Phi) is 5.84. The van der Waals surface area contributed by atoms with Gasteiger partial charge in [-0.25, -0.2) is 20.2 Å². The zero-order valence-electron chi connectivity index (χ0n) is 18.6. The van der Waals surface area contributed by atoms with Crippen LogP contribution in [-0.2, 0) is 0 Å². The number of fused-ring (bicyclic) bond motifs is 2. The number of nitrogens with zero attached hydrogens (tertiary/aromatic N) is 5. The molecule has 2 atom stereocenters. The first-order chi connectivity index (χ1) is 16.5. The zero-order valence-corrected chi connectivity index (χ0v) is 18.6. The molecular weight excluding hydrogens is 438 g/mol. The molecule has 2 aliphatic rings. The number of hydroxylamine groups is 1. The molecule has 4 heterocycles. The molecule has 0 spiro atoms. The lowest BCUT2D eigenvalue weighted by atomic mass is 9.89. The van der Waals surface area contributed by atoms with Crippen LogP contribution in [0, 0.1) is 11.8 Å². The van der Waals surface area contributed by atoms with E-state index in [1.165, 1.54) is 18.3 Å². The molecule has 2 saturated heterocycles. The second-order valence-electron chi connectivity index (χ2n) is 8.55. The van der Waals surface area contributed by atoms with E-state index < -0.39 is 5.91 Å². The molecular formula is C23H25N7O4. The second-order valence-corrected chi connectivity index (χ2v) is 8.55. The molecule has 176 valence electrons. The van der Waals surface area contributed by atoms with Gasteiger partial charge in [0.25, 0.3) is 5.91 Å². The summed E-state index contributed by atoms with van der Waals surface area (Å²) in [5.41, 5.74) is 3.36. The van der Waals surface area contributed by atoms with Crippen LogP contribution in [0.4, 0.5) is 16.4 Å². The van der Waals surface area contributed by atoms with E-state index >= 15 is 0 Å². The number of anilines is 2. The smallest absolute Gasteiger partial charge is 0.323 e. The number of urea groups is 1. The summed E-state index contributed by atoms with van der Waals surface area (Å²) >= 11 is 0. The molecule has 11 heteroatoms. The Balaban J connectivity index is 1.21. The van der Waals surface area contributed by atoms with Gasteiger partial charge in [0.1, 0.15) is 17.4 Å². The average molecular weight is 463 g/mol. The lowest BCUT2D eigenvalue weighted by Crippen LogP contribution is -2.40. The Morgan fingerprint density at radius 2 is 1.91 bits per heavy atom. The Bertz CT molecular complexity index is 1220. The number of ether oxygens (including phenoxy) is 1. The number of likely N-dealkylation sites (tertiary alicyclic amines) is 1. The van der Waals surface area contributed by atoms with Gasteiger partial charge in [-0.15, -0.1) is 0 Å². The fraction of sp³-hybridized carbons (Fsp3) is 0.348. The fourth-order valence-corrected chi connectivity index (χ4v) is 4.66. The van der Waals surface area contributed by atoms with Crippen molar-refractivity contribution < 1.29 is 19.5 Å². The number of aromatic nitrogens is 3. The van der Waals surface area contributed by atoms with Gasteiger partial charge in [0.05, 0.1) is 29.9 Å². The SMILES string of the molecule is COc1ccc2nc(N3CCC4CN(C(=O)Nc5ccc(C(=O)NO)cn5)CC4C3)cnc2c1. The number of hydrogen-bond donors (Lipinski definition) is 3. The number of amides is 3. The maximum absolute atomic E-state index is 12.8. The van der Waals surface area contributed by atoms with Crippen molar-refractivity contribution >= 4 is 34.6 Å². The Hall–Kier alpha value is -3.99. The molecule has 34 heavy (non-hydrogen) atoms. The van der Waals surface area contributed by atoms with E-state index in [0.29, 0.717) is 30.7 Å². The van der Waals surface area contributed by atoms with E-state index in [1.54, 1.807) is 18.8 Å². The van der Waals surface area contributed by atoms with Crippen LogP contribution < -0.4 is 20.4 Å². The van der Waals surface area contributed by atoms with Crippen molar-refractivity contribution in [1.82, 2.24) is 25.3 Å². The van der Waals surface area contributed by atoms with Gasteiger partial charge in [0.15, 0.2) is 0 Å². The van der Waals surface area contributed by atoms with Crippen LogP contribution in [0.15, 0.2) is 42.7 Å². The van der Waals surface area contributed by atoms with Gasteiger partial charge < -0.3 is 14.5 Å². The Morgan fingerprint density at radius 1 is 1.06 bits per heavy atom. The summed E-state index contributed by atoms with van der Waals surface area (Å²) in [6.07, 6.45) is 4.07. The van der Waals surface area contributed by atoms with Crippen molar-refractivity contribution in [2.45, 2.75) is 6.42 Å². The number of nitrogens with one attached hydrogen (secondary N) is 2. The Morgan fingerprint density at radius 3 is 2.68 bits per heavy atom. The zero-order chi connectivity index (χ0) is 23.7. The second kappa shape index (κ2) is 9.10. The van der Waals surface area contributed by atoms with Crippen LogP contribution in [0.5, 0.6) is 5.75 Å². The van der Waals surface area contributed by atoms with Crippen LogP contribution in [0.25, 0.3) is 11.0 Å². The van der Waals surface area contributed by atoms with E-state index in [9.17, 15) is 9.59 Å². The van der Waals surface area contributed by atoms with Crippen molar-refractivity contribution in [3.8, 4) is 5.75 Å². The molecule has 3 N–H and O–H groups in total. The molecule has 0 radical (unpaired) electrons. The highest BCUT2D eigenvalue weighted by Gasteiger charge is 2.39. The number of carbonyl (C=O) groups excluding carboxylic acids is 2. The van der Waals surface area contributed by atoms with Gasteiger partial charge in [-0.2, -0.15) is 0 Å². The molecule has 5 rings (SSSR count). The number of pyridine rings is 1. The van der Waals surface area contributed by atoms with Crippen molar-refractivity contribution in [2.24, 2.45) is 11.8 Å². The lowest BCUT2D eigenvalue weighted by Gasteiger charge is -2.34. The highest BCUT2D eigenvalue weighted by Crippen LogP contribution is 2.33. The molecule has 0 saturated carbocycles. The fourth-order valence-electron chi connectivity index (χ4n) is 4.66. The highest BCUT2D eigenvalue weighted by molar-refractivity contribution is 5.94. The topological polar surface area (TPSA) is 133 Å². The number of rotatable bonds is 4. The summed E-state index contributed by atoms with van der Waals surface area (Å²) in [5.74, 6) is 2.06. The van der Waals surface area contributed by atoms with Crippen LogP contribution >= 0.6 is 0 Å². The minimum absolute atomic E-state index is 0.198. The summed E-state index contributed by atoms with van der Waals surface area (Å²) in [7, 11) is 1.63. The lowest BCUT2D eigenvalue weighted by molar-refractivity contribution is 0.0706. The van der Waals surface area contributed by atoms with Crippen LogP contribution in [0.2, 0.25) is 0 Å². The van der Waals surface area contributed by atoms with Crippen LogP contribution in [0.1, 0.15) is 16.8 Å². The van der Waals surface area contributed by atoms with Gasteiger partial charge in [-0.05, 0) is 42.5 Å². The summed E-state index contributed by atoms with van der Waals surface area (Å²) in [6.45, 7) is 3.02. The van der Waals surface area contributed by atoms with Gasteiger partial charge in [-0.3, -0.25) is 20.3 Å². The van der Waals surface area contributed by atoms with Gasteiger partial charge >= 0.3 is 6.03 Å². The number of hydrogen-bond acceptors (Lipinski definition) is 8.